The highest BCUT2D eigenvalue weighted by molar-refractivity contribution is 7.26. The van der Waals surface area contributed by atoms with Crippen molar-refractivity contribution in [2.75, 3.05) is 0 Å². The Kier molecular flexibility index (Phi) is 7.03. The largest absolute Gasteiger partial charge is 0.456 e. The summed E-state index contributed by atoms with van der Waals surface area (Å²) < 4.78 is 11.3. The molecule has 0 amide bonds. The summed E-state index contributed by atoms with van der Waals surface area (Å²) in [6.07, 6.45) is 0. The number of aromatic nitrogens is 4. The number of hydrogen-bond donors (Lipinski definition) is 0. The second-order valence-electron chi connectivity index (χ2n) is 14.4. The first-order chi connectivity index (χ1) is 28.2. The molecule has 0 aliphatic carbocycles. The fourth-order valence-corrected chi connectivity index (χ4v) is 9.50. The summed E-state index contributed by atoms with van der Waals surface area (Å²) in [5, 5.41) is 7.31. The van der Waals surface area contributed by atoms with Crippen LogP contribution in [0.4, 0.5) is 0 Å². The number of nitrogens with zero attached hydrogens (tertiary/aromatic N) is 4. The Balaban J connectivity index is 0.936. The van der Waals surface area contributed by atoms with Gasteiger partial charge in [-0.3, -0.25) is 0 Å². The van der Waals surface area contributed by atoms with Crippen LogP contribution in [0.15, 0.2) is 186 Å². The summed E-state index contributed by atoms with van der Waals surface area (Å²) in [6, 6.07) is 63.7. The third-order valence-corrected chi connectivity index (χ3v) is 12.2. The second-order valence-corrected chi connectivity index (χ2v) is 15.5. The predicted octanol–water partition coefficient (Wildman–Crippen LogP) is 13.9. The van der Waals surface area contributed by atoms with E-state index in [2.05, 4.69) is 156 Å². The smallest absolute Gasteiger partial charge is 0.164 e. The van der Waals surface area contributed by atoms with Crippen molar-refractivity contribution in [2.24, 2.45) is 0 Å². The van der Waals surface area contributed by atoms with E-state index in [0.717, 1.165) is 50.1 Å². The van der Waals surface area contributed by atoms with E-state index in [4.69, 9.17) is 19.4 Å². The maximum absolute atomic E-state index is 6.38. The van der Waals surface area contributed by atoms with Crippen LogP contribution in [0, 0.1) is 0 Å². The van der Waals surface area contributed by atoms with Gasteiger partial charge in [-0.05, 0) is 77.9 Å². The van der Waals surface area contributed by atoms with Crippen LogP contribution in [0.5, 0.6) is 0 Å². The van der Waals surface area contributed by atoms with Crippen LogP contribution in [0.25, 0.3) is 115 Å². The van der Waals surface area contributed by atoms with Crippen molar-refractivity contribution in [3.05, 3.63) is 182 Å². The lowest BCUT2D eigenvalue weighted by molar-refractivity contribution is 0.669. The molecular weight excluding hydrogens is 717 g/mol. The van der Waals surface area contributed by atoms with Crippen molar-refractivity contribution >= 4 is 75.3 Å². The zero-order valence-electron chi connectivity index (χ0n) is 30.4. The second kappa shape index (κ2) is 12.6. The molecule has 0 fully saturated rings. The van der Waals surface area contributed by atoms with E-state index in [1.54, 1.807) is 0 Å². The average Bonchev–Trinajstić information content (AvgIpc) is 3.96. The van der Waals surface area contributed by atoms with Gasteiger partial charge in [0, 0.05) is 64.1 Å². The number of thiophene rings is 1. The van der Waals surface area contributed by atoms with E-state index in [-0.39, 0.29) is 0 Å². The molecule has 0 unspecified atom stereocenters. The Morgan fingerprint density at radius 3 is 1.58 bits per heavy atom. The maximum atomic E-state index is 6.38. The molecule has 0 aliphatic rings. The van der Waals surface area contributed by atoms with Crippen LogP contribution in [-0.4, -0.2) is 19.5 Å². The summed E-state index contributed by atoms with van der Waals surface area (Å²) in [4.78, 5) is 15.1. The molecule has 4 heterocycles. The number of hydrogen-bond acceptors (Lipinski definition) is 5. The summed E-state index contributed by atoms with van der Waals surface area (Å²) in [5.74, 6) is 1.89. The Morgan fingerprint density at radius 1 is 0.368 bits per heavy atom. The molecule has 0 saturated heterocycles. The lowest BCUT2D eigenvalue weighted by atomic mass is 10.00. The average molecular weight is 747 g/mol. The molecule has 5 nitrogen and oxygen atoms in total. The van der Waals surface area contributed by atoms with Gasteiger partial charge in [-0.2, -0.15) is 0 Å². The number of rotatable bonds is 5. The van der Waals surface area contributed by atoms with Crippen LogP contribution in [0.1, 0.15) is 0 Å². The van der Waals surface area contributed by atoms with E-state index < -0.39 is 0 Å². The van der Waals surface area contributed by atoms with Crippen LogP contribution in [0.2, 0.25) is 0 Å². The molecule has 266 valence electrons. The predicted molar refractivity (Wildman–Crippen MR) is 236 cm³/mol. The van der Waals surface area contributed by atoms with Gasteiger partial charge in [0.25, 0.3) is 0 Å². The topological polar surface area (TPSA) is 56.7 Å². The Hall–Kier alpha value is -7.41. The zero-order chi connectivity index (χ0) is 37.5. The molecule has 0 atom stereocenters. The molecule has 12 aromatic rings. The molecule has 0 bridgehead atoms. The van der Waals surface area contributed by atoms with Gasteiger partial charge >= 0.3 is 0 Å². The number of furan rings is 1. The van der Waals surface area contributed by atoms with Gasteiger partial charge in [-0.1, -0.05) is 115 Å². The highest BCUT2D eigenvalue weighted by atomic mass is 32.1. The minimum Gasteiger partial charge on any atom is -0.456 e. The van der Waals surface area contributed by atoms with Crippen molar-refractivity contribution in [2.45, 2.75) is 0 Å². The van der Waals surface area contributed by atoms with Gasteiger partial charge in [0.2, 0.25) is 0 Å². The SMILES string of the molecule is c1ccc(-c2nc(-c3ccc(-c4ccc5oc6ccc7sc8ccccc8c7c6c5c4)cc3)nc(-c3ccc(-n4c5ccccc5c5ccccc54)cc3)n2)cc1. The van der Waals surface area contributed by atoms with Crippen LogP contribution < -0.4 is 0 Å². The molecule has 0 N–H and O–H groups in total. The Morgan fingerprint density at radius 2 is 0.895 bits per heavy atom. The van der Waals surface area contributed by atoms with Crippen molar-refractivity contribution in [1.82, 2.24) is 19.5 Å². The first-order valence-corrected chi connectivity index (χ1v) is 19.8. The summed E-state index contributed by atoms with van der Waals surface area (Å²) in [6.45, 7) is 0. The summed E-state index contributed by atoms with van der Waals surface area (Å²) >= 11 is 1.83. The molecule has 0 radical (unpaired) electrons. The molecule has 0 saturated carbocycles. The first kappa shape index (κ1) is 31.9. The molecule has 6 heteroatoms. The molecule has 0 aliphatic heterocycles. The van der Waals surface area contributed by atoms with E-state index in [9.17, 15) is 0 Å². The Bertz CT molecular complexity index is 3450. The quantitative estimate of drug-likeness (QED) is 0.176. The zero-order valence-corrected chi connectivity index (χ0v) is 31.2. The highest BCUT2D eigenvalue weighted by Crippen LogP contribution is 2.43. The van der Waals surface area contributed by atoms with Crippen molar-refractivity contribution in [1.29, 1.82) is 0 Å². The third-order valence-electron chi connectivity index (χ3n) is 11.1. The van der Waals surface area contributed by atoms with Crippen molar-refractivity contribution in [3.8, 4) is 51.0 Å². The van der Waals surface area contributed by atoms with Gasteiger partial charge in [-0.15, -0.1) is 11.3 Å². The summed E-state index contributed by atoms with van der Waals surface area (Å²) in [5.41, 5.74) is 10.2. The van der Waals surface area contributed by atoms with Gasteiger partial charge in [-0.25, -0.2) is 15.0 Å². The van der Waals surface area contributed by atoms with Gasteiger partial charge in [0.15, 0.2) is 17.5 Å². The van der Waals surface area contributed by atoms with Gasteiger partial charge in [0.05, 0.1) is 11.0 Å². The monoisotopic (exact) mass is 746 g/mol. The van der Waals surface area contributed by atoms with Crippen LogP contribution >= 0.6 is 11.3 Å². The Labute approximate surface area is 330 Å². The number of fused-ring (bicyclic) bond motifs is 10. The van der Waals surface area contributed by atoms with E-state index in [0.29, 0.717) is 17.5 Å². The molecule has 4 aromatic heterocycles. The van der Waals surface area contributed by atoms with Crippen molar-refractivity contribution in [3.63, 3.8) is 0 Å². The maximum Gasteiger partial charge on any atom is 0.164 e. The first-order valence-electron chi connectivity index (χ1n) is 19.0. The van der Waals surface area contributed by atoms with E-state index in [1.807, 2.05) is 41.7 Å². The van der Waals surface area contributed by atoms with Gasteiger partial charge in [0.1, 0.15) is 11.2 Å². The molecular formula is C51H30N4OS. The minimum absolute atomic E-state index is 0.625. The molecule has 57 heavy (non-hydrogen) atoms. The number of benzene rings is 8. The van der Waals surface area contributed by atoms with E-state index >= 15 is 0 Å². The fraction of sp³-hybridized carbons (Fsp3) is 0. The standard InChI is InChI=1S/C51H30N4OS/c1-2-10-32(11-3-1)49-52-50(54-51(53-49)34-22-25-36(26-23-34)55-41-15-7-4-12-37(41)38-13-5-8-16-42(38)55)33-20-18-31(19-21-33)35-24-27-43-40(30-35)47-44(56-43)28-29-46-48(47)39-14-6-9-17-45(39)57-46/h1-30H. The lowest BCUT2D eigenvalue weighted by Crippen LogP contribution is -2.00. The molecule has 0 spiro atoms. The van der Waals surface area contributed by atoms with Gasteiger partial charge < -0.3 is 8.98 Å². The number of para-hydroxylation sites is 2. The fourth-order valence-electron chi connectivity index (χ4n) is 8.38. The molecule has 8 aromatic carbocycles. The van der Waals surface area contributed by atoms with Crippen LogP contribution in [0.3, 0.4) is 0 Å². The van der Waals surface area contributed by atoms with Crippen molar-refractivity contribution < 1.29 is 4.42 Å². The molecule has 12 rings (SSSR count). The highest BCUT2D eigenvalue weighted by Gasteiger charge is 2.17. The lowest BCUT2D eigenvalue weighted by Gasteiger charge is -2.11. The third kappa shape index (κ3) is 5.12. The summed E-state index contributed by atoms with van der Waals surface area (Å²) in [7, 11) is 0. The van der Waals surface area contributed by atoms with Crippen LogP contribution in [-0.2, 0) is 0 Å². The van der Waals surface area contributed by atoms with E-state index in [1.165, 1.54) is 47.4 Å². The minimum atomic E-state index is 0.625. The normalized spacial score (nSPS) is 11.9.